The van der Waals surface area contributed by atoms with E-state index in [0.717, 1.165) is 5.56 Å². The average molecular weight is 456 g/mol. The van der Waals surface area contributed by atoms with Gasteiger partial charge in [0.15, 0.2) is 0 Å². The van der Waals surface area contributed by atoms with Gasteiger partial charge in [0.2, 0.25) is 0 Å². The molecule has 1 aliphatic heterocycles. The highest BCUT2D eigenvalue weighted by molar-refractivity contribution is 6.00. The molecular weight excluding hydrogens is 428 g/mol. The average Bonchev–Trinajstić information content (AvgIpc) is 2.85. The van der Waals surface area contributed by atoms with Crippen LogP contribution in [-0.4, -0.2) is 77.4 Å². The summed E-state index contributed by atoms with van der Waals surface area (Å²) in [4.78, 5) is 24.2. The van der Waals surface area contributed by atoms with Gasteiger partial charge < -0.3 is 35.8 Å². The molecule has 1 saturated heterocycles. The minimum absolute atomic E-state index is 0.319. The van der Waals surface area contributed by atoms with E-state index in [4.69, 9.17) is 4.74 Å². The van der Waals surface area contributed by atoms with E-state index in [1.807, 2.05) is 6.07 Å². The molecule has 2 aromatic rings. The third-order valence-corrected chi connectivity index (χ3v) is 5.53. The summed E-state index contributed by atoms with van der Waals surface area (Å²) in [5, 5.41) is 44.9. The summed E-state index contributed by atoms with van der Waals surface area (Å²) in [5.41, 5.74) is 2.60. The van der Waals surface area contributed by atoms with Crippen molar-refractivity contribution in [3.8, 4) is 0 Å². The minimum atomic E-state index is -1.46. The number of hydrogen-bond acceptors (Lipinski definition) is 7. The quantitative estimate of drug-likeness (QED) is 0.338. The van der Waals surface area contributed by atoms with Crippen LogP contribution in [0.25, 0.3) is 12.2 Å². The highest BCUT2D eigenvalue weighted by atomic mass is 16.5. The first-order valence-corrected chi connectivity index (χ1v) is 10.5. The van der Waals surface area contributed by atoms with E-state index in [1.165, 1.54) is 20.2 Å². The van der Waals surface area contributed by atoms with Gasteiger partial charge in [-0.1, -0.05) is 30.4 Å². The maximum Gasteiger partial charge on any atom is 0.251 e. The molecule has 0 bridgehead atoms. The SMILES string of the molecule is CNC(=O)c1cc(/C=C\c2cccc([C@H]3O[C@H](CO)[C@@H](O)[C@H](O)[C@@H]3O)c2)cc(C(=O)NC)c1. The fraction of sp³-hybridized carbons (Fsp3) is 0.333. The first kappa shape index (κ1) is 24.6. The lowest BCUT2D eigenvalue weighted by Crippen LogP contribution is -2.55. The number of rotatable bonds is 6. The number of carbonyl (C=O) groups excluding carboxylic acids is 2. The van der Waals surface area contributed by atoms with Gasteiger partial charge in [0, 0.05) is 25.2 Å². The number of aliphatic hydroxyl groups is 4. The number of amides is 2. The van der Waals surface area contributed by atoms with Gasteiger partial charge in [-0.15, -0.1) is 0 Å². The minimum Gasteiger partial charge on any atom is -0.394 e. The van der Waals surface area contributed by atoms with Crippen LogP contribution in [0, 0.1) is 0 Å². The van der Waals surface area contributed by atoms with Crippen molar-refractivity contribution in [2.75, 3.05) is 20.7 Å². The van der Waals surface area contributed by atoms with E-state index in [9.17, 15) is 30.0 Å². The lowest BCUT2D eigenvalue weighted by Gasteiger charge is -2.40. The predicted octanol–water partition coefficient (Wildman–Crippen LogP) is 0.0911. The molecular formula is C24H28N2O7. The molecule has 9 heteroatoms. The summed E-state index contributed by atoms with van der Waals surface area (Å²) in [6, 6.07) is 11.8. The molecule has 5 atom stereocenters. The molecule has 176 valence electrons. The van der Waals surface area contributed by atoms with Crippen molar-refractivity contribution in [3.63, 3.8) is 0 Å². The van der Waals surface area contributed by atoms with Gasteiger partial charge in [0.1, 0.15) is 30.5 Å². The molecule has 3 rings (SSSR count). The van der Waals surface area contributed by atoms with Crippen molar-refractivity contribution in [3.05, 3.63) is 70.3 Å². The van der Waals surface area contributed by atoms with Crippen LogP contribution >= 0.6 is 0 Å². The number of hydrogen-bond donors (Lipinski definition) is 6. The van der Waals surface area contributed by atoms with E-state index < -0.39 is 37.1 Å². The zero-order valence-corrected chi connectivity index (χ0v) is 18.3. The fourth-order valence-corrected chi connectivity index (χ4v) is 3.71. The molecule has 1 heterocycles. The maximum atomic E-state index is 12.1. The zero-order chi connectivity index (χ0) is 24.1. The molecule has 2 amide bonds. The van der Waals surface area contributed by atoms with Crippen LogP contribution < -0.4 is 10.6 Å². The monoisotopic (exact) mass is 456 g/mol. The van der Waals surface area contributed by atoms with Gasteiger partial charge in [-0.3, -0.25) is 9.59 Å². The highest BCUT2D eigenvalue weighted by Crippen LogP contribution is 2.32. The summed E-state index contributed by atoms with van der Waals surface area (Å²) in [6.07, 6.45) is -2.69. The van der Waals surface area contributed by atoms with Crippen LogP contribution in [0.15, 0.2) is 42.5 Å². The Morgan fingerprint density at radius 2 is 1.48 bits per heavy atom. The van der Waals surface area contributed by atoms with Gasteiger partial charge in [0.25, 0.3) is 11.8 Å². The van der Waals surface area contributed by atoms with Crippen molar-refractivity contribution in [2.24, 2.45) is 0 Å². The van der Waals surface area contributed by atoms with Crippen molar-refractivity contribution < 1.29 is 34.8 Å². The Morgan fingerprint density at radius 1 is 0.879 bits per heavy atom. The molecule has 9 nitrogen and oxygen atoms in total. The zero-order valence-electron chi connectivity index (χ0n) is 18.3. The highest BCUT2D eigenvalue weighted by Gasteiger charge is 2.43. The van der Waals surface area contributed by atoms with Crippen molar-refractivity contribution in [1.82, 2.24) is 10.6 Å². The Bertz CT molecular complexity index is 1000. The number of ether oxygens (including phenoxy) is 1. The van der Waals surface area contributed by atoms with E-state index in [1.54, 1.807) is 42.5 Å². The van der Waals surface area contributed by atoms with Gasteiger partial charge in [0.05, 0.1) is 6.61 Å². The van der Waals surface area contributed by atoms with E-state index in [2.05, 4.69) is 10.6 Å². The smallest absolute Gasteiger partial charge is 0.251 e. The predicted molar refractivity (Wildman–Crippen MR) is 121 cm³/mol. The Balaban J connectivity index is 1.89. The molecule has 0 radical (unpaired) electrons. The van der Waals surface area contributed by atoms with Crippen molar-refractivity contribution in [1.29, 1.82) is 0 Å². The molecule has 0 aliphatic carbocycles. The molecule has 1 aliphatic rings. The number of carbonyl (C=O) groups is 2. The summed E-state index contributed by atoms with van der Waals surface area (Å²) in [5.74, 6) is -0.639. The third-order valence-electron chi connectivity index (χ3n) is 5.53. The normalized spacial score (nSPS) is 25.1. The first-order chi connectivity index (χ1) is 15.8. The maximum absolute atomic E-state index is 12.1. The molecule has 6 N–H and O–H groups in total. The Hall–Kier alpha value is -3.08. The van der Waals surface area contributed by atoms with Gasteiger partial charge in [-0.25, -0.2) is 0 Å². The first-order valence-electron chi connectivity index (χ1n) is 10.5. The standard InChI is InChI=1S/C24H28N2O7/c1-25-23(31)16-9-14(10-17(11-16)24(32)26-2)7-6-13-4-3-5-15(8-13)22-21(30)20(29)19(28)18(12-27)33-22/h3-11,18-22,27-30H,12H2,1-2H3,(H,25,31)(H,26,32)/b7-6-/t18-,19-,20+,21+,22-/m1/s1. The van der Waals surface area contributed by atoms with Gasteiger partial charge in [-0.2, -0.15) is 0 Å². The Morgan fingerprint density at radius 3 is 2.06 bits per heavy atom. The number of aliphatic hydroxyl groups excluding tert-OH is 4. The van der Waals surface area contributed by atoms with E-state index in [-0.39, 0.29) is 11.8 Å². The fourth-order valence-electron chi connectivity index (χ4n) is 3.71. The van der Waals surface area contributed by atoms with Crippen LogP contribution in [0.3, 0.4) is 0 Å². The van der Waals surface area contributed by atoms with Crippen LogP contribution in [0.1, 0.15) is 43.5 Å². The van der Waals surface area contributed by atoms with Crippen molar-refractivity contribution >= 4 is 24.0 Å². The third kappa shape index (κ3) is 5.47. The van der Waals surface area contributed by atoms with Crippen molar-refractivity contribution in [2.45, 2.75) is 30.5 Å². The van der Waals surface area contributed by atoms with Crippen LogP contribution in [0.2, 0.25) is 0 Å². The van der Waals surface area contributed by atoms with Crippen LogP contribution in [0.5, 0.6) is 0 Å². The lowest BCUT2D eigenvalue weighted by atomic mass is 9.90. The van der Waals surface area contributed by atoms with E-state index >= 15 is 0 Å². The van der Waals surface area contributed by atoms with Crippen LogP contribution in [0.4, 0.5) is 0 Å². The molecule has 2 aromatic carbocycles. The van der Waals surface area contributed by atoms with Gasteiger partial charge in [-0.05, 0) is 41.0 Å². The molecule has 0 aromatic heterocycles. The second kappa shape index (κ2) is 10.7. The molecule has 0 unspecified atom stereocenters. The molecule has 33 heavy (non-hydrogen) atoms. The molecule has 0 spiro atoms. The molecule has 0 saturated carbocycles. The number of benzene rings is 2. The second-order valence-electron chi connectivity index (χ2n) is 7.75. The summed E-state index contributed by atoms with van der Waals surface area (Å²) >= 11 is 0. The summed E-state index contributed by atoms with van der Waals surface area (Å²) in [6.45, 7) is -0.504. The number of nitrogens with one attached hydrogen (secondary N) is 2. The summed E-state index contributed by atoms with van der Waals surface area (Å²) < 4.78 is 5.62. The van der Waals surface area contributed by atoms with Crippen LogP contribution in [-0.2, 0) is 4.74 Å². The van der Waals surface area contributed by atoms with Gasteiger partial charge >= 0.3 is 0 Å². The second-order valence-corrected chi connectivity index (χ2v) is 7.75. The topological polar surface area (TPSA) is 148 Å². The Kier molecular flexibility index (Phi) is 7.96. The van der Waals surface area contributed by atoms with E-state index in [0.29, 0.717) is 22.3 Å². The largest absolute Gasteiger partial charge is 0.394 e. The lowest BCUT2D eigenvalue weighted by molar-refractivity contribution is -0.231. The summed E-state index contributed by atoms with van der Waals surface area (Å²) in [7, 11) is 3.02. The molecule has 1 fully saturated rings. The Labute approximate surface area is 191 Å².